The van der Waals surface area contributed by atoms with Crippen LogP contribution in [0.2, 0.25) is 0 Å². The quantitative estimate of drug-likeness (QED) is 0.150. The standard InChI is InChI=1S/C30H29N2/c1-17-9-10-25-23(13-17)24-14-18(2)19(3)27-29(24)32(25)26-16-22(20-7-5-6-8-20)15-21-11-12-31(4)30(27)28(21)26/h9-16,20H,5-8H2,1-4H3/q+1. The number of fused-ring (bicyclic) bond motifs is 5. The zero-order valence-electron chi connectivity index (χ0n) is 19.4. The predicted molar refractivity (Wildman–Crippen MR) is 135 cm³/mol. The minimum absolute atomic E-state index is 0.703. The van der Waals surface area contributed by atoms with Gasteiger partial charge in [0.05, 0.1) is 27.3 Å². The number of hydrogen-bond donors (Lipinski definition) is 0. The van der Waals surface area contributed by atoms with E-state index in [-0.39, 0.29) is 0 Å². The number of nitrogens with zero attached hydrogens (tertiary/aromatic N) is 2. The molecule has 0 aliphatic heterocycles. The SMILES string of the molecule is Cc1ccc2c(c1)c1cc(C)c(C)c3c1n2c1cc(C2CCCC2)cc2cc[n+](C)c3c21. The van der Waals surface area contributed by atoms with Crippen LogP contribution in [0.5, 0.6) is 0 Å². The second-order valence-electron chi connectivity index (χ2n) is 10.2. The number of aromatic nitrogens is 2. The minimum Gasteiger partial charge on any atom is -0.307 e. The molecule has 3 aromatic heterocycles. The Hall–Kier alpha value is -3.13. The molecule has 0 radical (unpaired) electrons. The molecule has 2 heteroatoms. The molecule has 6 aromatic rings. The van der Waals surface area contributed by atoms with E-state index >= 15 is 0 Å². The number of rotatable bonds is 1. The fourth-order valence-corrected chi connectivity index (χ4v) is 6.54. The van der Waals surface area contributed by atoms with Gasteiger partial charge in [-0.2, -0.15) is 0 Å². The zero-order chi connectivity index (χ0) is 21.7. The van der Waals surface area contributed by atoms with E-state index in [0.29, 0.717) is 5.92 Å². The molecule has 1 fully saturated rings. The van der Waals surface area contributed by atoms with Crippen LogP contribution in [-0.4, -0.2) is 4.40 Å². The van der Waals surface area contributed by atoms with Crippen molar-refractivity contribution < 1.29 is 4.57 Å². The second kappa shape index (κ2) is 6.22. The first-order valence-electron chi connectivity index (χ1n) is 12.0. The lowest BCUT2D eigenvalue weighted by molar-refractivity contribution is -0.643. The van der Waals surface area contributed by atoms with E-state index < -0.39 is 0 Å². The van der Waals surface area contributed by atoms with Gasteiger partial charge in [0.15, 0.2) is 6.20 Å². The van der Waals surface area contributed by atoms with Crippen LogP contribution in [0.3, 0.4) is 0 Å². The summed E-state index contributed by atoms with van der Waals surface area (Å²) in [6.45, 7) is 6.77. The number of hydrogen-bond acceptors (Lipinski definition) is 0. The van der Waals surface area contributed by atoms with Crippen LogP contribution in [0.25, 0.3) is 49.0 Å². The van der Waals surface area contributed by atoms with Gasteiger partial charge < -0.3 is 4.40 Å². The van der Waals surface area contributed by atoms with Gasteiger partial charge in [0.2, 0.25) is 5.52 Å². The predicted octanol–water partition coefficient (Wildman–Crippen LogP) is 7.40. The fourth-order valence-electron chi connectivity index (χ4n) is 6.54. The molecule has 1 aliphatic carbocycles. The fraction of sp³-hybridized carbons (Fsp3) is 0.300. The van der Waals surface area contributed by atoms with Crippen LogP contribution in [0.4, 0.5) is 0 Å². The van der Waals surface area contributed by atoms with E-state index in [4.69, 9.17) is 0 Å². The van der Waals surface area contributed by atoms with Gasteiger partial charge >= 0.3 is 0 Å². The van der Waals surface area contributed by atoms with Gasteiger partial charge in [-0.05, 0) is 85.9 Å². The van der Waals surface area contributed by atoms with Gasteiger partial charge in [0.1, 0.15) is 7.05 Å². The molecule has 0 atom stereocenters. The lowest BCUT2D eigenvalue weighted by atomic mass is 9.92. The van der Waals surface area contributed by atoms with Crippen molar-refractivity contribution in [3.8, 4) is 0 Å². The maximum absolute atomic E-state index is 2.58. The smallest absolute Gasteiger partial charge is 0.224 e. The summed E-state index contributed by atoms with van der Waals surface area (Å²) in [6.07, 6.45) is 7.65. The summed E-state index contributed by atoms with van der Waals surface area (Å²) >= 11 is 0. The lowest BCUT2D eigenvalue weighted by Gasteiger charge is -2.17. The molecule has 0 spiro atoms. The molecule has 158 valence electrons. The molecular weight excluding hydrogens is 388 g/mol. The topological polar surface area (TPSA) is 8.29 Å². The number of pyridine rings is 2. The maximum atomic E-state index is 2.58. The van der Waals surface area contributed by atoms with Crippen molar-refractivity contribution in [2.45, 2.75) is 52.4 Å². The summed E-state index contributed by atoms with van der Waals surface area (Å²) in [6, 6.07) is 16.7. The monoisotopic (exact) mass is 417 g/mol. The molecular formula is C30H29N2+. The first-order valence-corrected chi connectivity index (χ1v) is 12.0. The van der Waals surface area contributed by atoms with Crippen molar-refractivity contribution >= 4 is 49.0 Å². The van der Waals surface area contributed by atoms with Crippen LogP contribution in [0, 0.1) is 20.8 Å². The molecule has 0 saturated heterocycles. The molecule has 0 bridgehead atoms. The molecule has 0 amide bonds. The highest BCUT2D eigenvalue weighted by Crippen LogP contribution is 2.44. The molecule has 2 nitrogen and oxygen atoms in total. The Bertz CT molecular complexity index is 1710. The Labute approximate surface area is 188 Å². The van der Waals surface area contributed by atoms with Crippen molar-refractivity contribution in [2.24, 2.45) is 7.05 Å². The van der Waals surface area contributed by atoms with Crippen molar-refractivity contribution in [3.05, 3.63) is 70.9 Å². The van der Waals surface area contributed by atoms with E-state index in [0.717, 1.165) is 0 Å². The van der Waals surface area contributed by atoms with E-state index in [9.17, 15) is 0 Å². The van der Waals surface area contributed by atoms with Crippen LogP contribution in [0.15, 0.2) is 48.7 Å². The van der Waals surface area contributed by atoms with Gasteiger partial charge in [-0.1, -0.05) is 30.5 Å². The molecule has 1 saturated carbocycles. The van der Waals surface area contributed by atoms with E-state index in [1.165, 1.54) is 96.9 Å². The average Bonchev–Trinajstić information content (AvgIpc) is 3.42. The van der Waals surface area contributed by atoms with Crippen LogP contribution >= 0.6 is 0 Å². The van der Waals surface area contributed by atoms with Gasteiger partial charge in [-0.3, -0.25) is 0 Å². The van der Waals surface area contributed by atoms with Crippen molar-refractivity contribution in [1.29, 1.82) is 0 Å². The molecule has 32 heavy (non-hydrogen) atoms. The van der Waals surface area contributed by atoms with Gasteiger partial charge in [0.25, 0.3) is 0 Å². The summed E-state index contributed by atoms with van der Waals surface area (Å²) in [5, 5.41) is 6.95. The Morgan fingerprint density at radius 1 is 0.844 bits per heavy atom. The van der Waals surface area contributed by atoms with E-state index in [2.05, 4.69) is 85.4 Å². The zero-order valence-corrected chi connectivity index (χ0v) is 19.4. The van der Waals surface area contributed by atoms with Gasteiger partial charge in [-0.25, -0.2) is 4.57 Å². The van der Waals surface area contributed by atoms with Crippen LogP contribution in [-0.2, 0) is 7.05 Å². The Morgan fingerprint density at radius 2 is 1.66 bits per heavy atom. The van der Waals surface area contributed by atoms with Gasteiger partial charge in [-0.15, -0.1) is 0 Å². The summed E-state index contributed by atoms with van der Waals surface area (Å²) in [5.41, 5.74) is 11.1. The highest BCUT2D eigenvalue weighted by molar-refractivity contribution is 6.26. The Kier molecular flexibility index (Phi) is 3.59. The Balaban J connectivity index is 1.84. The molecule has 3 heterocycles. The number of benzene rings is 3. The molecule has 3 aromatic carbocycles. The van der Waals surface area contributed by atoms with Crippen LogP contribution < -0.4 is 4.57 Å². The second-order valence-corrected chi connectivity index (χ2v) is 10.2. The molecule has 7 rings (SSSR count). The molecule has 1 aliphatic rings. The molecule has 0 unspecified atom stereocenters. The minimum atomic E-state index is 0.703. The van der Waals surface area contributed by atoms with Crippen molar-refractivity contribution in [2.75, 3.05) is 0 Å². The summed E-state index contributed by atoms with van der Waals surface area (Å²) < 4.78 is 4.92. The molecule has 0 N–H and O–H groups in total. The summed E-state index contributed by atoms with van der Waals surface area (Å²) in [7, 11) is 2.21. The van der Waals surface area contributed by atoms with E-state index in [1.807, 2.05) is 0 Å². The third-order valence-corrected chi connectivity index (χ3v) is 8.27. The summed E-state index contributed by atoms with van der Waals surface area (Å²) in [5.74, 6) is 0.703. The highest BCUT2D eigenvalue weighted by atomic mass is 15.0. The lowest BCUT2D eigenvalue weighted by Crippen LogP contribution is -2.29. The van der Waals surface area contributed by atoms with Gasteiger partial charge in [0, 0.05) is 16.8 Å². The van der Waals surface area contributed by atoms with E-state index in [1.54, 1.807) is 0 Å². The summed E-state index contributed by atoms with van der Waals surface area (Å²) in [4.78, 5) is 0. The largest absolute Gasteiger partial charge is 0.307 e. The van der Waals surface area contributed by atoms with Crippen molar-refractivity contribution in [1.82, 2.24) is 4.40 Å². The third kappa shape index (κ3) is 2.23. The Morgan fingerprint density at radius 3 is 2.47 bits per heavy atom. The highest BCUT2D eigenvalue weighted by Gasteiger charge is 2.26. The first-order chi connectivity index (χ1) is 15.5. The normalized spacial score (nSPS) is 15.5. The first kappa shape index (κ1) is 18.4. The third-order valence-electron chi connectivity index (χ3n) is 8.27. The average molecular weight is 418 g/mol. The maximum Gasteiger partial charge on any atom is 0.224 e. The van der Waals surface area contributed by atoms with Crippen LogP contribution in [0.1, 0.15) is 53.9 Å². The van der Waals surface area contributed by atoms with Crippen molar-refractivity contribution in [3.63, 3.8) is 0 Å². The number of aryl methyl sites for hydroxylation is 4.